The molecular formula is C20H18N2O4. The molecule has 2 aromatic carbocycles. The molecule has 0 unspecified atom stereocenters. The number of β-lactam (4-membered cyclic amide) rings is 2. The quantitative estimate of drug-likeness (QED) is 0.815. The zero-order valence-corrected chi connectivity index (χ0v) is 14.4. The molecule has 132 valence electrons. The first-order valence-electron chi connectivity index (χ1n) is 8.51. The van der Waals surface area contributed by atoms with Gasteiger partial charge < -0.3 is 20.1 Å². The lowest BCUT2D eigenvalue weighted by Crippen LogP contribution is -2.97. The van der Waals surface area contributed by atoms with Gasteiger partial charge in [-0.15, -0.1) is 0 Å². The van der Waals surface area contributed by atoms with Gasteiger partial charge >= 0.3 is 0 Å². The molecule has 2 aliphatic heterocycles. The van der Waals surface area contributed by atoms with Crippen molar-refractivity contribution in [3.8, 4) is 11.5 Å². The summed E-state index contributed by atoms with van der Waals surface area (Å²) in [6.45, 7) is 0. The van der Waals surface area contributed by atoms with Gasteiger partial charge in [0.25, 0.3) is 0 Å². The van der Waals surface area contributed by atoms with Crippen LogP contribution in [-0.4, -0.2) is 26.0 Å². The summed E-state index contributed by atoms with van der Waals surface area (Å²) >= 11 is 0. The number of piperidine rings is 2. The molecule has 0 spiro atoms. The Morgan fingerprint density at radius 1 is 0.769 bits per heavy atom. The van der Waals surface area contributed by atoms with E-state index < -0.39 is 11.1 Å². The summed E-state index contributed by atoms with van der Waals surface area (Å²) < 4.78 is 10.6. The van der Waals surface area contributed by atoms with Gasteiger partial charge in [0, 0.05) is 0 Å². The van der Waals surface area contributed by atoms with Crippen molar-refractivity contribution < 1.29 is 19.1 Å². The molecular weight excluding hydrogens is 332 g/mol. The normalized spacial score (nSPS) is 33.3. The number of carbonyl (C=O) groups excluding carboxylic acids is 2. The van der Waals surface area contributed by atoms with E-state index in [9.17, 15) is 9.59 Å². The van der Waals surface area contributed by atoms with E-state index in [4.69, 9.17) is 9.47 Å². The van der Waals surface area contributed by atoms with Gasteiger partial charge in [-0.05, 0) is 35.4 Å². The Balaban J connectivity index is 1.63. The van der Waals surface area contributed by atoms with Crippen molar-refractivity contribution in [1.82, 2.24) is 10.6 Å². The van der Waals surface area contributed by atoms with Crippen molar-refractivity contribution in [3.05, 3.63) is 59.7 Å². The standard InChI is InChI=1S/C20H18N2O4/c1-25-13-7-3-5-11(9-13)19-15(17(23)21-19)20(16(19)18(24)22-20)12-6-4-8-14(10-12)26-2/h3-10,15-16H,1-2H3,(H,21,23)(H,22,24). The number of methoxy groups -OCH3 is 2. The van der Waals surface area contributed by atoms with E-state index in [-0.39, 0.29) is 23.7 Å². The molecule has 2 N–H and O–H groups in total. The summed E-state index contributed by atoms with van der Waals surface area (Å²) in [5, 5.41) is 6.04. The highest BCUT2D eigenvalue weighted by Gasteiger charge is 2.87. The van der Waals surface area contributed by atoms with Crippen molar-refractivity contribution in [2.24, 2.45) is 11.8 Å². The zero-order valence-electron chi connectivity index (χ0n) is 14.4. The number of hydrogen-bond acceptors (Lipinski definition) is 4. The summed E-state index contributed by atoms with van der Waals surface area (Å²) in [6.07, 6.45) is 0. The molecule has 2 heterocycles. The number of hydrogen-bond donors (Lipinski definition) is 2. The Kier molecular flexibility index (Phi) is 2.81. The van der Waals surface area contributed by atoms with E-state index in [2.05, 4.69) is 10.6 Å². The average molecular weight is 350 g/mol. The monoisotopic (exact) mass is 350 g/mol. The van der Waals surface area contributed by atoms with Gasteiger partial charge in [-0.1, -0.05) is 24.3 Å². The third kappa shape index (κ3) is 1.49. The third-order valence-corrected chi connectivity index (χ3v) is 6.10. The minimum absolute atomic E-state index is 0.0492. The van der Waals surface area contributed by atoms with E-state index >= 15 is 0 Å². The highest BCUT2D eigenvalue weighted by molar-refractivity contribution is 6.05. The van der Waals surface area contributed by atoms with Crippen molar-refractivity contribution in [3.63, 3.8) is 0 Å². The molecule has 1 aliphatic carbocycles. The molecule has 0 aromatic heterocycles. The molecule has 3 aliphatic rings. The van der Waals surface area contributed by atoms with E-state index in [1.165, 1.54) is 0 Å². The predicted molar refractivity (Wildman–Crippen MR) is 92.6 cm³/mol. The highest BCUT2D eigenvalue weighted by atomic mass is 16.5. The van der Waals surface area contributed by atoms with Crippen LogP contribution in [0.3, 0.4) is 0 Å². The van der Waals surface area contributed by atoms with E-state index in [0.29, 0.717) is 11.5 Å². The maximum atomic E-state index is 12.5. The van der Waals surface area contributed by atoms with E-state index in [1.54, 1.807) is 14.2 Å². The molecule has 6 nitrogen and oxygen atoms in total. The van der Waals surface area contributed by atoms with Crippen LogP contribution in [0.15, 0.2) is 48.5 Å². The van der Waals surface area contributed by atoms with Crippen molar-refractivity contribution in [1.29, 1.82) is 0 Å². The van der Waals surface area contributed by atoms with Crippen molar-refractivity contribution >= 4 is 11.8 Å². The van der Waals surface area contributed by atoms with Gasteiger partial charge in [-0.2, -0.15) is 0 Å². The molecule has 0 radical (unpaired) electrons. The number of benzene rings is 2. The molecule has 1 saturated carbocycles. The Morgan fingerprint density at radius 2 is 1.19 bits per heavy atom. The maximum absolute atomic E-state index is 12.5. The van der Waals surface area contributed by atoms with Gasteiger partial charge in [-0.3, -0.25) is 9.59 Å². The molecule has 5 rings (SSSR count). The molecule has 2 amide bonds. The van der Waals surface area contributed by atoms with Crippen LogP contribution in [0.4, 0.5) is 0 Å². The molecule has 0 atom stereocenters. The highest BCUT2D eigenvalue weighted by Crippen LogP contribution is 2.71. The third-order valence-electron chi connectivity index (χ3n) is 6.10. The second kappa shape index (κ2) is 4.78. The lowest BCUT2D eigenvalue weighted by molar-refractivity contribution is -0.230. The molecule has 3 fully saturated rings. The van der Waals surface area contributed by atoms with Crippen LogP contribution in [0.1, 0.15) is 11.1 Å². The minimum atomic E-state index is -0.670. The fraction of sp³-hybridized carbons (Fsp3) is 0.300. The first kappa shape index (κ1) is 15.3. The van der Waals surface area contributed by atoms with Gasteiger partial charge in [0.1, 0.15) is 11.5 Å². The van der Waals surface area contributed by atoms with Gasteiger partial charge in [0.05, 0.1) is 37.1 Å². The van der Waals surface area contributed by atoms with Crippen LogP contribution in [0, 0.1) is 11.8 Å². The number of amides is 2. The van der Waals surface area contributed by atoms with Crippen molar-refractivity contribution in [2.75, 3.05) is 14.2 Å². The molecule has 26 heavy (non-hydrogen) atoms. The van der Waals surface area contributed by atoms with Crippen LogP contribution in [0.2, 0.25) is 0 Å². The Morgan fingerprint density at radius 3 is 1.54 bits per heavy atom. The van der Waals surface area contributed by atoms with Gasteiger partial charge in [0.15, 0.2) is 0 Å². The molecule has 6 heteroatoms. The Bertz CT molecular complexity index is 869. The van der Waals surface area contributed by atoms with Crippen LogP contribution >= 0.6 is 0 Å². The first-order valence-corrected chi connectivity index (χ1v) is 8.51. The number of fused-ring (bicyclic) bond motifs is 4. The van der Waals surface area contributed by atoms with Crippen molar-refractivity contribution in [2.45, 2.75) is 11.1 Å². The van der Waals surface area contributed by atoms with Crippen LogP contribution in [-0.2, 0) is 20.7 Å². The van der Waals surface area contributed by atoms with E-state index in [0.717, 1.165) is 11.1 Å². The number of carbonyl (C=O) groups is 2. The minimum Gasteiger partial charge on any atom is -0.497 e. The number of nitrogens with one attached hydrogen (secondary N) is 2. The van der Waals surface area contributed by atoms with Crippen LogP contribution in [0.5, 0.6) is 11.5 Å². The second-order valence-corrected chi connectivity index (χ2v) is 7.05. The average Bonchev–Trinajstić information content (AvgIpc) is 2.65. The van der Waals surface area contributed by atoms with Crippen LogP contribution < -0.4 is 20.1 Å². The topological polar surface area (TPSA) is 76.7 Å². The zero-order chi connectivity index (χ0) is 18.1. The van der Waals surface area contributed by atoms with Crippen LogP contribution in [0.25, 0.3) is 0 Å². The SMILES string of the molecule is COc1cccc(C23NC(=O)C2C2(c4cccc(OC)c4)NC(=O)C32)c1. The Hall–Kier alpha value is -3.02. The lowest BCUT2D eigenvalue weighted by atomic mass is 9.35. The van der Waals surface area contributed by atoms with E-state index in [1.807, 2.05) is 48.5 Å². The summed E-state index contributed by atoms with van der Waals surface area (Å²) in [7, 11) is 3.20. The molecule has 0 bridgehead atoms. The molecule has 2 aromatic rings. The maximum Gasteiger partial charge on any atom is 0.229 e. The Labute approximate surface area is 150 Å². The summed E-state index contributed by atoms with van der Waals surface area (Å²) in [5.41, 5.74) is 0.466. The fourth-order valence-electron chi connectivity index (χ4n) is 5.04. The fourth-order valence-corrected chi connectivity index (χ4v) is 5.04. The summed E-state index contributed by atoms with van der Waals surface area (Å²) in [5.74, 6) is 0.610. The largest absolute Gasteiger partial charge is 0.497 e. The number of rotatable bonds is 4. The predicted octanol–water partition coefficient (Wildman–Crippen LogP) is 1.30. The smallest absolute Gasteiger partial charge is 0.229 e. The second-order valence-electron chi connectivity index (χ2n) is 7.05. The summed E-state index contributed by atoms with van der Waals surface area (Å²) in [6, 6.07) is 15.1. The lowest BCUT2D eigenvalue weighted by Gasteiger charge is -2.77. The summed E-state index contributed by atoms with van der Waals surface area (Å²) in [4.78, 5) is 25.1. The first-order chi connectivity index (χ1) is 12.6. The molecule has 2 saturated heterocycles. The number of ether oxygens (including phenoxy) is 2. The van der Waals surface area contributed by atoms with Gasteiger partial charge in [-0.25, -0.2) is 0 Å². The van der Waals surface area contributed by atoms with Gasteiger partial charge in [0.2, 0.25) is 11.8 Å².